The Kier molecular flexibility index (Phi) is 6.84. The van der Waals surface area contributed by atoms with E-state index in [9.17, 15) is 19.5 Å². The van der Waals surface area contributed by atoms with Crippen LogP contribution in [0.1, 0.15) is 20.8 Å². The molecule has 0 fully saturated rings. The highest BCUT2D eigenvalue weighted by molar-refractivity contribution is 5.86. The highest BCUT2D eigenvalue weighted by Gasteiger charge is 2.21. The SMILES string of the molecule is CCN(CC(C)(C)O)C(=O)NCC(=O)NCC(=O)O. The maximum Gasteiger partial charge on any atom is 0.322 e. The number of carbonyl (C=O) groups is 3. The average molecular weight is 275 g/mol. The summed E-state index contributed by atoms with van der Waals surface area (Å²) in [5, 5.41) is 22.5. The van der Waals surface area contributed by atoms with E-state index in [0.717, 1.165) is 0 Å². The van der Waals surface area contributed by atoms with Gasteiger partial charge >= 0.3 is 12.0 Å². The zero-order chi connectivity index (χ0) is 15.1. The second-order valence-electron chi connectivity index (χ2n) is 4.66. The number of amides is 3. The van der Waals surface area contributed by atoms with E-state index < -0.39 is 30.1 Å². The van der Waals surface area contributed by atoms with E-state index >= 15 is 0 Å². The first-order chi connectivity index (χ1) is 8.65. The number of nitrogens with one attached hydrogen (secondary N) is 2. The quantitative estimate of drug-likeness (QED) is 0.474. The van der Waals surface area contributed by atoms with Crippen molar-refractivity contribution in [3.8, 4) is 0 Å². The molecule has 0 aromatic carbocycles. The molecule has 0 atom stereocenters. The predicted molar refractivity (Wildman–Crippen MR) is 67.6 cm³/mol. The van der Waals surface area contributed by atoms with Crippen molar-refractivity contribution in [2.75, 3.05) is 26.2 Å². The molecule has 4 N–H and O–H groups in total. The number of hydrogen-bond acceptors (Lipinski definition) is 4. The molecule has 0 aromatic rings. The predicted octanol–water partition coefficient (Wildman–Crippen LogP) is -1.01. The molecule has 0 spiro atoms. The second kappa shape index (κ2) is 7.57. The van der Waals surface area contributed by atoms with E-state index in [2.05, 4.69) is 10.6 Å². The molecule has 0 saturated heterocycles. The highest BCUT2D eigenvalue weighted by Crippen LogP contribution is 2.04. The zero-order valence-electron chi connectivity index (χ0n) is 11.4. The Hall–Kier alpha value is -1.83. The van der Waals surface area contributed by atoms with Gasteiger partial charge in [-0.2, -0.15) is 0 Å². The van der Waals surface area contributed by atoms with Crippen molar-refractivity contribution >= 4 is 17.9 Å². The summed E-state index contributed by atoms with van der Waals surface area (Å²) in [6.07, 6.45) is 0. The second-order valence-corrected chi connectivity index (χ2v) is 4.66. The van der Waals surface area contributed by atoms with E-state index in [1.165, 1.54) is 4.90 Å². The molecule has 0 bridgehead atoms. The smallest absolute Gasteiger partial charge is 0.322 e. The molecule has 0 heterocycles. The van der Waals surface area contributed by atoms with Gasteiger partial charge in [-0.25, -0.2) is 4.79 Å². The van der Waals surface area contributed by atoms with Gasteiger partial charge in [0.15, 0.2) is 0 Å². The van der Waals surface area contributed by atoms with E-state index in [0.29, 0.717) is 6.54 Å². The number of aliphatic hydroxyl groups is 1. The van der Waals surface area contributed by atoms with Crippen molar-refractivity contribution in [2.45, 2.75) is 26.4 Å². The number of carbonyl (C=O) groups excluding carboxylic acids is 2. The van der Waals surface area contributed by atoms with Crippen LogP contribution in [0.25, 0.3) is 0 Å². The molecule has 19 heavy (non-hydrogen) atoms. The largest absolute Gasteiger partial charge is 0.480 e. The standard InChI is InChI=1S/C11H21N3O5/c1-4-14(7-11(2,3)19)10(18)13-5-8(15)12-6-9(16)17/h19H,4-7H2,1-3H3,(H,12,15)(H,13,18)(H,16,17). The van der Waals surface area contributed by atoms with E-state index in [1.807, 2.05) is 0 Å². The molecule has 0 rings (SSSR count). The fraction of sp³-hybridized carbons (Fsp3) is 0.727. The van der Waals surface area contributed by atoms with Gasteiger partial charge in [-0.1, -0.05) is 0 Å². The fourth-order valence-electron chi connectivity index (χ4n) is 1.30. The third-order valence-electron chi connectivity index (χ3n) is 2.08. The Morgan fingerprint density at radius 2 is 1.74 bits per heavy atom. The Bertz CT molecular complexity index is 338. The van der Waals surface area contributed by atoms with Crippen LogP contribution in [0.5, 0.6) is 0 Å². The number of hydrogen-bond donors (Lipinski definition) is 4. The Labute approximate surface area is 111 Å². The summed E-state index contributed by atoms with van der Waals surface area (Å²) in [6, 6.07) is -0.491. The molecule has 0 aliphatic rings. The van der Waals surface area contributed by atoms with Crippen molar-refractivity contribution in [1.82, 2.24) is 15.5 Å². The summed E-state index contributed by atoms with van der Waals surface area (Å²) in [4.78, 5) is 34.5. The van der Waals surface area contributed by atoms with Gasteiger partial charge < -0.3 is 25.7 Å². The van der Waals surface area contributed by atoms with E-state index in [4.69, 9.17) is 5.11 Å². The van der Waals surface area contributed by atoms with E-state index in [1.54, 1.807) is 20.8 Å². The minimum Gasteiger partial charge on any atom is -0.480 e. The van der Waals surface area contributed by atoms with Gasteiger partial charge in [-0.15, -0.1) is 0 Å². The number of carboxylic acids is 1. The molecule has 8 nitrogen and oxygen atoms in total. The molecule has 0 aliphatic heterocycles. The lowest BCUT2D eigenvalue weighted by molar-refractivity contribution is -0.137. The van der Waals surface area contributed by atoms with Crippen LogP contribution in [0.2, 0.25) is 0 Å². The van der Waals surface area contributed by atoms with Crippen LogP contribution in [-0.4, -0.2) is 64.8 Å². The number of urea groups is 1. The van der Waals surface area contributed by atoms with Crippen LogP contribution < -0.4 is 10.6 Å². The molecule has 110 valence electrons. The molecular formula is C11H21N3O5. The molecule has 0 aromatic heterocycles. The number of likely N-dealkylation sites (N-methyl/N-ethyl adjacent to an activating group) is 1. The van der Waals surface area contributed by atoms with Crippen LogP contribution in [0.15, 0.2) is 0 Å². The van der Waals surface area contributed by atoms with Gasteiger partial charge in [-0.3, -0.25) is 9.59 Å². The number of aliphatic carboxylic acids is 1. The first kappa shape index (κ1) is 17.2. The summed E-state index contributed by atoms with van der Waals surface area (Å²) in [5.74, 6) is -1.74. The van der Waals surface area contributed by atoms with Crippen LogP contribution in [0, 0.1) is 0 Å². The third kappa shape index (κ3) is 8.83. The Balaban J connectivity index is 4.13. The van der Waals surface area contributed by atoms with E-state index in [-0.39, 0.29) is 13.1 Å². The molecule has 0 unspecified atom stereocenters. The minimum atomic E-state index is -1.16. The highest BCUT2D eigenvalue weighted by atomic mass is 16.4. The topological polar surface area (TPSA) is 119 Å². The Morgan fingerprint density at radius 3 is 2.16 bits per heavy atom. The molecule has 0 saturated carbocycles. The summed E-state index contributed by atoms with van der Waals surface area (Å²) in [7, 11) is 0. The Morgan fingerprint density at radius 1 is 1.16 bits per heavy atom. The van der Waals surface area contributed by atoms with Crippen molar-refractivity contribution in [3.63, 3.8) is 0 Å². The molecule has 0 radical (unpaired) electrons. The summed E-state index contributed by atoms with van der Waals surface area (Å²) in [6.45, 7) is 4.60. The van der Waals surface area contributed by atoms with Crippen molar-refractivity contribution < 1.29 is 24.6 Å². The van der Waals surface area contributed by atoms with Gasteiger partial charge in [0, 0.05) is 6.54 Å². The molecular weight excluding hydrogens is 254 g/mol. The van der Waals surface area contributed by atoms with Gasteiger partial charge in [0.25, 0.3) is 0 Å². The molecule has 0 aliphatic carbocycles. The lowest BCUT2D eigenvalue weighted by Gasteiger charge is -2.28. The van der Waals surface area contributed by atoms with Crippen LogP contribution in [0.4, 0.5) is 4.79 Å². The third-order valence-corrected chi connectivity index (χ3v) is 2.08. The zero-order valence-corrected chi connectivity index (χ0v) is 11.4. The number of carboxylic acid groups (broad SMARTS) is 1. The summed E-state index contributed by atoms with van der Waals surface area (Å²) < 4.78 is 0. The molecule has 8 heteroatoms. The monoisotopic (exact) mass is 275 g/mol. The molecule has 3 amide bonds. The first-order valence-electron chi connectivity index (χ1n) is 5.89. The van der Waals surface area contributed by atoms with Crippen LogP contribution >= 0.6 is 0 Å². The first-order valence-corrected chi connectivity index (χ1v) is 5.89. The van der Waals surface area contributed by atoms with Crippen LogP contribution in [0.3, 0.4) is 0 Å². The van der Waals surface area contributed by atoms with Gasteiger partial charge in [0.05, 0.1) is 18.7 Å². The lowest BCUT2D eigenvalue weighted by atomic mass is 10.1. The van der Waals surface area contributed by atoms with Crippen molar-refractivity contribution in [1.29, 1.82) is 0 Å². The van der Waals surface area contributed by atoms with Gasteiger partial charge in [0.2, 0.25) is 5.91 Å². The summed E-state index contributed by atoms with van der Waals surface area (Å²) in [5.41, 5.74) is -1.03. The van der Waals surface area contributed by atoms with Crippen LogP contribution in [-0.2, 0) is 9.59 Å². The average Bonchev–Trinajstić information content (AvgIpc) is 2.29. The number of rotatable bonds is 7. The minimum absolute atomic E-state index is 0.131. The lowest BCUT2D eigenvalue weighted by Crippen LogP contribution is -2.49. The van der Waals surface area contributed by atoms with Crippen molar-refractivity contribution in [2.24, 2.45) is 0 Å². The fourth-order valence-corrected chi connectivity index (χ4v) is 1.30. The normalized spacial score (nSPS) is 10.7. The van der Waals surface area contributed by atoms with Gasteiger partial charge in [0.1, 0.15) is 6.54 Å². The maximum atomic E-state index is 11.7. The number of nitrogens with zero attached hydrogens (tertiary/aromatic N) is 1. The maximum absolute atomic E-state index is 11.7. The van der Waals surface area contributed by atoms with Crippen molar-refractivity contribution in [3.05, 3.63) is 0 Å². The van der Waals surface area contributed by atoms with Gasteiger partial charge in [-0.05, 0) is 20.8 Å². The summed E-state index contributed by atoms with van der Waals surface area (Å²) >= 11 is 0.